The predicted molar refractivity (Wildman–Crippen MR) is 124 cm³/mol. The standard InChI is InChI=1S/C26H24FN3O3/c27-19-6-8-20(9-7-19)28-14-16-29(17-15-28)24-18-25(31)30(26(24)32)21-10-12-23(13-11-21)33-22-4-2-1-3-5-22/h1-13,24H,14-18H2/t24-/m0/s1. The van der Waals surface area contributed by atoms with E-state index in [1.54, 1.807) is 36.4 Å². The number of anilines is 2. The molecule has 0 bridgehead atoms. The summed E-state index contributed by atoms with van der Waals surface area (Å²) >= 11 is 0. The lowest BCUT2D eigenvalue weighted by Gasteiger charge is -2.38. The molecule has 6 nitrogen and oxygen atoms in total. The second-order valence-electron chi connectivity index (χ2n) is 8.20. The van der Waals surface area contributed by atoms with Crippen molar-refractivity contribution in [3.05, 3.63) is 84.7 Å². The van der Waals surface area contributed by atoms with Gasteiger partial charge in [0.2, 0.25) is 5.91 Å². The molecule has 168 valence electrons. The minimum Gasteiger partial charge on any atom is -0.457 e. The van der Waals surface area contributed by atoms with Crippen molar-refractivity contribution < 1.29 is 18.7 Å². The number of halogens is 1. The van der Waals surface area contributed by atoms with Crippen LogP contribution in [0.4, 0.5) is 15.8 Å². The Bertz CT molecular complexity index is 1130. The summed E-state index contributed by atoms with van der Waals surface area (Å²) in [7, 11) is 0. The number of rotatable bonds is 5. The summed E-state index contributed by atoms with van der Waals surface area (Å²) in [5, 5.41) is 0. The first-order chi connectivity index (χ1) is 16.1. The van der Waals surface area contributed by atoms with Crippen LogP contribution >= 0.6 is 0 Å². The molecule has 3 aromatic rings. The Labute approximate surface area is 191 Å². The predicted octanol–water partition coefficient (Wildman–Crippen LogP) is 4.07. The highest BCUT2D eigenvalue weighted by atomic mass is 19.1. The van der Waals surface area contributed by atoms with Gasteiger partial charge in [0, 0.05) is 31.9 Å². The average molecular weight is 445 g/mol. The summed E-state index contributed by atoms with van der Waals surface area (Å²) in [5.74, 6) is 0.720. The second-order valence-corrected chi connectivity index (χ2v) is 8.20. The van der Waals surface area contributed by atoms with E-state index in [0.29, 0.717) is 24.5 Å². The number of carbonyl (C=O) groups excluding carboxylic acids is 2. The van der Waals surface area contributed by atoms with Gasteiger partial charge in [0.25, 0.3) is 5.91 Å². The minimum atomic E-state index is -0.451. The zero-order valence-corrected chi connectivity index (χ0v) is 18.1. The summed E-state index contributed by atoms with van der Waals surface area (Å²) < 4.78 is 19.0. The molecular formula is C26H24FN3O3. The topological polar surface area (TPSA) is 53.1 Å². The molecule has 2 saturated heterocycles. The molecule has 7 heteroatoms. The van der Waals surface area contributed by atoms with Gasteiger partial charge >= 0.3 is 0 Å². The van der Waals surface area contributed by atoms with Gasteiger partial charge in [-0.15, -0.1) is 0 Å². The third-order valence-corrected chi connectivity index (χ3v) is 6.14. The maximum absolute atomic E-state index is 13.2. The van der Waals surface area contributed by atoms with Crippen molar-refractivity contribution in [1.82, 2.24) is 4.90 Å². The van der Waals surface area contributed by atoms with E-state index >= 15 is 0 Å². The molecule has 2 heterocycles. The van der Waals surface area contributed by atoms with Crippen LogP contribution in [0.15, 0.2) is 78.9 Å². The Balaban J connectivity index is 1.22. The largest absolute Gasteiger partial charge is 0.457 e. The van der Waals surface area contributed by atoms with E-state index in [4.69, 9.17) is 4.74 Å². The van der Waals surface area contributed by atoms with Crippen molar-refractivity contribution in [2.24, 2.45) is 0 Å². The van der Waals surface area contributed by atoms with Crippen LogP contribution in [0.2, 0.25) is 0 Å². The van der Waals surface area contributed by atoms with Crippen LogP contribution in [0.5, 0.6) is 11.5 Å². The van der Waals surface area contributed by atoms with Crippen LogP contribution in [-0.4, -0.2) is 48.9 Å². The highest BCUT2D eigenvalue weighted by Gasteiger charge is 2.43. The molecule has 0 saturated carbocycles. The van der Waals surface area contributed by atoms with Crippen molar-refractivity contribution >= 4 is 23.2 Å². The molecule has 0 aliphatic carbocycles. The number of benzene rings is 3. The van der Waals surface area contributed by atoms with Gasteiger partial charge in [-0.1, -0.05) is 18.2 Å². The molecule has 0 N–H and O–H groups in total. The number of imide groups is 1. The van der Waals surface area contributed by atoms with Gasteiger partial charge in [0.05, 0.1) is 18.2 Å². The molecule has 1 atom stereocenters. The molecule has 2 aliphatic heterocycles. The van der Waals surface area contributed by atoms with Crippen LogP contribution in [0, 0.1) is 5.82 Å². The third-order valence-electron chi connectivity index (χ3n) is 6.14. The summed E-state index contributed by atoms with van der Waals surface area (Å²) in [6.07, 6.45) is 0.178. The van der Waals surface area contributed by atoms with Crippen molar-refractivity contribution in [1.29, 1.82) is 0 Å². The minimum absolute atomic E-state index is 0.178. The van der Waals surface area contributed by atoms with Crippen molar-refractivity contribution in [2.75, 3.05) is 36.0 Å². The third kappa shape index (κ3) is 4.45. The maximum Gasteiger partial charge on any atom is 0.251 e. The van der Waals surface area contributed by atoms with E-state index in [1.165, 1.54) is 17.0 Å². The first-order valence-corrected chi connectivity index (χ1v) is 11.0. The average Bonchev–Trinajstić information content (AvgIpc) is 3.15. The van der Waals surface area contributed by atoms with Gasteiger partial charge in [0.15, 0.2) is 0 Å². The van der Waals surface area contributed by atoms with Crippen LogP contribution < -0.4 is 14.5 Å². The number of nitrogens with zero attached hydrogens (tertiary/aromatic N) is 3. The fourth-order valence-electron chi connectivity index (χ4n) is 4.40. The molecule has 0 radical (unpaired) electrons. The molecule has 33 heavy (non-hydrogen) atoms. The fourth-order valence-corrected chi connectivity index (χ4v) is 4.40. The van der Waals surface area contributed by atoms with E-state index in [-0.39, 0.29) is 24.1 Å². The van der Waals surface area contributed by atoms with Crippen LogP contribution in [0.1, 0.15) is 6.42 Å². The quantitative estimate of drug-likeness (QED) is 0.554. The van der Waals surface area contributed by atoms with Gasteiger partial charge in [-0.3, -0.25) is 14.5 Å². The summed E-state index contributed by atoms with van der Waals surface area (Å²) in [6, 6.07) is 22.4. The molecule has 2 aliphatic rings. The smallest absolute Gasteiger partial charge is 0.251 e. The van der Waals surface area contributed by atoms with E-state index in [2.05, 4.69) is 9.80 Å². The van der Waals surface area contributed by atoms with Crippen molar-refractivity contribution in [2.45, 2.75) is 12.5 Å². The van der Waals surface area contributed by atoms with Gasteiger partial charge in [-0.2, -0.15) is 0 Å². The Morgan fingerprint density at radius 3 is 2.00 bits per heavy atom. The maximum atomic E-state index is 13.2. The molecule has 3 aromatic carbocycles. The molecular weight excluding hydrogens is 421 g/mol. The lowest BCUT2D eigenvalue weighted by Crippen LogP contribution is -2.52. The number of hydrogen-bond acceptors (Lipinski definition) is 5. The number of para-hydroxylation sites is 1. The Hall–Kier alpha value is -3.71. The van der Waals surface area contributed by atoms with Crippen LogP contribution in [-0.2, 0) is 9.59 Å². The SMILES string of the molecule is O=C1C[C@H](N2CCN(c3ccc(F)cc3)CC2)C(=O)N1c1ccc(Oc2ccccc2)cc1. The van der Waals surface area contributed by atoms with E-state index in [1.807, 2.05) is 30.3 Å². The van der Waals surface area contributed by atoms with Crippen LogP contribution in [0.25, 0.3) is 0 Å². The number of amides is 2. The Morgan fingerprint density at radius 2 is 1.33 bits per heavy atom. The van der Waals surface area contributed by atoms with Gasteiger partial charge in [0.1, 0.15) is 17.3 Å². The van der Waals surface area contributed by atoms with Gasteiger partial charge in [-0.05, 0) is 60.7 Å². The summed E-state index contributed by atoms with van der Waals surface area (Å²) in [5.41, 5.74) is 1.52. The molecule has 0 unspecified atom stereocenters. The highest BCUT2D eigenvalue weighted by Crippen LogP contribution is 2.30. The zero-order chi connectivity index (χ0) is 22.8. The summed E-state index contributed by atoms with van der Waals surface area (Å²) in [4.78, 5) is 31.4. The monoisotopic (exact) mass is 445 g/mol. The zero-order valence-electron chi connectivity index (χ0n) is 18.1. The molecule has 2 fully saturated rings. The van der Waals surface area contributed by atoms with Crippen molar-refractivity contribution in [3.8, 4) is 11.5 Å². The fraction of sp³-hybridized carbons (Fsp3) is 0.231. The van der Waals surface area contributed by atoms with E-state index < -0.39 is 6.04 Å². The first kappa shape index (κ1) is 21.2. The number of piperazine rings is 1. The first-order valence-electron chi connectivity index (χ1n) is 11.0. The Kier molecular flexibility index (Phi) is 5.79. The summed E-state index contributed by atoms with van der Waals surface area (Å²) in [6.45, 7) is 2.77. The van der Waals surface area contributed by atoms with E-state index in [9.17, 15) is 14.0 Å². The molecule has 0 aromatic heterocycles. The molecule has 0 spiro atoms. The van der Waals surface area contributed by atoms with E-state index in [0.717, 1.165) is 24.5 Å². The lowest BCUT2D eigenvalue weighted by atomic mass is 10.1. The molecule has 5 rings (SSSR count). The van der Waals surface area contributed by atoms with Crippen molar-refractivity contribution in [3.63, 3.8) is 0 Å². The van der Waals surface area contributed by atoms with Crippen LogP contribution in [0.3, 0.4) is 0 Å². The normalized spacial score (nSPS) is 19.2. The number of hydrogen-bond donors (Lipinski definition) is 0. The van der Waals surface area contributed by atoms with Gasteiger partial charge < -0.3 is 9.64 Å². The number of ether oxygens (including phenoxy) is 1. The Morgan fingerprint density at radius 1 is 0.727 bits per heavy atom. The highest BCUT2D eigenvalue weighted by molar-refractivity contribution is 6.22. The second kappa shape index (κ2) is 9.03. The van der Waals surface area contributed by atoms with Gasteiger partial charge in [-0.25, -0.2) is 9.29 Å². The number of carbonyl (C=O) groups is 2. The lowest BCUT2D eigenvalue weighted by molar-refractivity contribution is -0.123. The molecule has 2 amide bonds.